The topological polar surface area (TPSA) is 99.2 Å². The summed E-state index contributed by atoms with van der Waals surface area (Å²) in [6.07, 6.45) is 1.46. The van der Waals surface area contributed by atoms with E-state index < -0.39 is 18.4 Å². The van der Waals surface area contributed by atoms with E-state index in [1.807, 2.05) is 0 Å². The molecule has 2 aromatic rings. The van der Waals surface area contributed by atoms with Gasteiger partial charge in [0.15, 0.2) is 5.69 Å². The molecule has 0 unspecified atom stereocenters. The number of carbonyl (C=O) groups excluding carboxylic acids is 2. The fourth-order valence-corrected chi connectivity index (χ4v) is 1.86. The minimum atomic E-state index is -2.99. The quantitative estimate of drug-likeness (QED) is 0.847. The summed E-state index contributed by atoms with van der Waals surface area (Å²) in [6.45, 7) is -0.708. The molecule has 0 aliphatic heterocycles. The number of aromatic nitrogens is 2. The van der Waals surface area contributed by atoms with E-state index in [4.69, 9.17) is 5.73 Å². The van der Waals surface area contributed by atoms with Gasteiger partial charge >= 0.3 is 6.61 Å². The van der Waals surface area contributed by atoms with Crippen molar-refractivity contribution in [3.05, 3.63) is 41.7 Å². The van der Waals surface area contributed by atoms with Crippen LogP contribution in [0.25, 0.3) is 0 Å². The fourth-order valence-electron chi connectivity index (χ4n) is 1.86. The molecule has 2 amide bonds. The van der Waals surface area contributed by atoms with Gasteiger partial charge in [-0.1, -0.05) is 6.07 Å². The first kappa shape index (κ1) is 16.4. The number of alkyl halides is 2. The molecule has 1 heterocycles. The minimum Gasteiger partial charge on any atom is -0.435 e. The Kier molecular flexibility index (Phi) is 4.89. The predicted molar refractivity (Wildman–Crippen MR) is 77.4 cm³/mol. The number of rotatable bonds is 6. The Hall–Kier alpha value is -2.97. The first-order valence-corrected chi connectivity index (χ1v) is 6.64. The van der Waals surface area contributed by atoms with Crippen molar-refractivity contribution in [3.8, 4) is 5.75 Å². The zero-order chi connectivity index (χ0) is 17.0. The maximum absolute atomic E-state index is 12.2. The second-order valence-electron chi connectivity index (χ2n) is 4.47. The van der Waals surface area contributed by atoms with Crippen LogP contribution in [0.5, 0.6) is 5.75 Å². The van der Waals surface area contributed by atoms with Gasteiger partial charge in [-0.25, -0.2) is 0 Å². The second-order valence-corrected chi connectivity index (χ2v) is 4.47. The lowest BCUT2D eigenvalue weighted by Crippen LogP contribution is -2.18. The van der Waals surface area contributed by atoms with Gasteiger partial charge in [0.1, 0.15) is 5.75 Å². The molecule has 7 nitrogen and oxygen atoms in total. The molecule has 122 valence electrons. The monoisotopic (exact) mass is 324 g/mol. The van der Waals surface area contributed by atoms with Gasteiger partial charge in [-0.3, -0.25) is 14.3 Å². The normalized spacial score (nSPS) is 10.6. The number of hydrogen-bond donors (Lipinski definition) is 2. The van der Waals surface area contributed by atoms with E-state index in [1.165, 1.54) is 29.1 Å². The molecule has 23 heavy (non-hydrogen) atoms. The molecule has 0 atom stereocenters. The maximum Gasteiger partial charge on any atom is 0.387 e. The molecule has 0 saturated carbocycles. The van der Waals surface area contributed by atoms with Crippen LogP contribution in [-0.2, 0) is 6.54 Å². The molecule has 2 rings (SSSR count). The van der Waals surface area contributed by atoms with Crippen LogP contribution >= 0.6 is 0 Å². The summed E-state index contributed by atoms with van der Waals surface area (Å²) in [7, 11) is 0. The number of primary amides is 1. The zero-order valence-corrected chi connectivity index (χ0v) is 12.1. The van der Waals surface area contributed by atoms with Gasteiger partial charge in [-0.2, -0.15) is 13.9 Å². The molecule has 3 N–H and O–H groups in total. The molecule has 0 fully saturated rings. The lowest BCUT2D eigenvalue weighted by atomic mass is 10.2. The molecule has 0 saturated heterocycles. The molecule has 0 bridgehead atoms. The molecule has 9 heteroatoms. The lowest BCUT2D eigenvalue weighted by Gasteiger charge is -2.07. The van der Waals surface area contributed by atoms with Gasteiger partial charge in [-0.15, -0.1) is 0 Å². The minimum absolute atomic E-state index is 0.0832. The van der Waals surface area contributed by atoms with Crippen LogP contribution in [0.1, 0.15) is 27.8 Å². The number of nitrogens with zero attached hydrogens (tertiary/aromatic N) is 2. The van der Waals surface area contributed by atoms with Crippen molar-refractivity contribution >= 4 is 17.5 Å². The van der Waals surface area contributed by atoms with Crippen molar-refractivity contribution in [2.75, 3.05) is 5.32 Å². The van der Waals surface area contributed by atoms with Crippen LogP contribution in [0.4, 0.5) is 14.5 Å². The summed E-state index contributed by atoms with van der Waals surface area (Å²) < 4.78 is 30.1. The Morgan fingerprint density at radius 2 is 2.17 bits per heavy atom. The third kappa shape index (κ3) is 4.02. The number of carbonyl (C=O) groups is 2. The molecule has 0 spiro atoms. The number of ether oxygens (including phenoxy) is 1. The number of nitrogens with two attached hydrogens (primary N) is 1. The fraction of sp³-hybridized carbons (Fsp3) is 0.214. The van der Waals surface area contributed by atoms with Crippen molar-refractivity contribution in [1.82, 2.24) is 9.78 Å². The van der Waals surface area contributed by atoms with Crippen LogP contribution < -0.4 is 15.8 Å². The van der Waals surface area contributed by atoms with Crippen molar-refractivity contribution in [3.63, 3.8) is 0 Å². The summed E-state index contributed by atoms with van der Waals surface area (Å²) in [5.74, 6) is -1.54. The smallest absolute Gasteiger partial charge is 0.387 e. The third-order valence-electron chi connectivity index (χ3n) is 2.89. The second kappa shape index (κ2) is 6.86. The van der Waals surface area contributed by atoms with Crippen LogP contribution in [0.2, 0.25) is 0 Å². The van der Waals surface area contributed by atoms with Gasteiger partial charge in [-0.05, 0) is 25.1 Å². The standard InChI is InChI=1S/C14H14F2N4O3/c1-2-20-7-10(11(19-20)12(17)21)18-13(22)8-4-3-5-9(6-8)23-14(15)16/h3-7,14H,2H2,1H3,(H2,17,21)(H,18,22). The van der Waals surface area contributed by atoms with Crippen LogP contribution in [-0.4, -0.2) is 28.2 Å². The van der Waals surface area contributed by atoms with E-state index in [9.17, 15) is 18.4 Å². The summed E-state index contributed by atoms with van der Waals surface area (Å²) in [5.41, 5.74) is 5.35. The first-order chi connectivity index (χ1) is 10.9. The van der Waals surface area contributed by atoms with Crippen LogP contribution in [0, 0.1) is 0 Å². The summed E-state index contributed by atoms with van der Waals surface area (Å²) in [6, 6.07) is 5.28. The van der Waals surface area contributed by atoms with Crippen LogP contribution in [0.3, 0.4) is 0 Å². The van der Waals surface area contributed by atoms with Gasteiger partial charge in [0.25, 0.3) is 11.8 Å². The average Bonchev–Trinajstić information content (AvgIpc) is 2.90. The Morgan fingerprint density at radius 1 is 1.43 bits per heavy atom. The van der Waals surface area contributed by atoms with E-state index >= 15 is 0 Å². The highest BCUT2D eigenvalue weighted by atomic mass is 19.3. The summed E-state index contributed by atoms with van der Waals surface area (Å²) in [4.78, 5) is 23.5. The Labute approximate surface area is 130 Å². The Bertz CT molecular complexity index is 731. The molecule has 0 aliphatic rings. The number of hydrogen-bond acceptors (Lipinski definition) is 4. The van der Waals surface area contributed by atoms with Crippen molar-refractivity contribution in [2.24, 2.45) is 5.73 Å². The maximum atomic E-state index is 12.2. The molecular weight excluding hydrogens is 310 g/mol. The Balaban J connectivity index is 2.22. The number of anilines is 1. The number of nitrogens with one attached hydrogen (secondary N) is 1. The lowest BCUT2D eigenvalue weighted by molar-refractivity contribution is -0.0498. The molecule has 0 radical (unpaired) electrons. The van der Waals surface area contributed by atoms with E-state index in [2.05, 4.69) is 15.2 Å². The van der Waals surface area contributed by atoms with Gasteiger partial charge < -0.3 is 15.8 Å². The highest BCUT2D eigenvalue weighted by Gasteiger charge is 2.17. The largest absolute Gasteiger partial charge is 0.435 e. The van der Waals surface area contributed by atoms with E-state index in [0.29, 0.717) is 6.54 Å². The first-order valence-electron chi connectivity index (χ1n) is 6.64. The number of halogens is 2. The van der Waals surface area contributed by atoms with Crippen molar-refractivity contribution < 1.29 is 23.1 Å². The highest BCUT2D eigenvalue weighted by Crippen LogP contribution is 2.19. The molecule has 1 aromatic carbocycles. The van der Waals surface area contributed by atoms with E-state index in [-0.39, 0.29) is 22.7 Å². The van der Waals surface area contributed by atoms with Crippen LogP contribution in [0.15, 0.2) is 30.5 Å². The molecule has 1 aromatic heterocycles. The SMILES string of the molecule is CCn1cc(NC(=O)c2cccc(OC(F)F)c2)c(C(N)=O)n1. The van der Waals surface area contributed by atoms with Gasteiger partial charge in [0.2, 0.25) is 0 Å². The van der Waals surface area contributed by atoms with Crippen molar-refractivity contribution in [2.45, 2.75) is 20.1 Å². The summed E-state index contributed by atoms with van der Waals surface area (Å²) in [5, 5.41) is 6.41. The number of amides is 2. The molecular formula is C14H14F2N4O3. The zero-order valence-electron chi connectivity index (χ0n) is 12.1. The number of aryl methyl sites for hydroxylation is 1. The Morgan fingerprint density at radius 3 is 2.78 bits per heavy atom. The van der Waals surface area contributed by atoms with E-state index in [1.54, 1.807) is 6.92 Å². The highest BCUT2D eigenvalue weighted by molar-refractivity contribution is 6.08. The third-order valence-corrected chi connectivity index (χ3v) is 2.89. The molecule has 0 aliphatic carbocycles. The van der Waals surface area contributed by atoms with E-state index in [0.717, 1.165) is 6.07 Å². The summed E-state index contributed by atoms with van der Waals surface area (Å²) >= 11 is 0. The van der Waals surface area contributed by atoms with Gasteiger partial charge in [0.05, 0.1) is 5.69 Å². The average molecular weight is 324 g/mol. The predicted octanol–water partition coefficient (Wildman–Crippen LogP) is 1.86. The van der Waals surface area contributed by atoms with Crippen molar-refractivity contribution in [1.29, 1.82) is 0 Å². The van der Waals surface area contributed by atoms with Gasteiger partial charge in [0, 0.05) is 18.3 Å². The number of benzene rings is 1.